The number of benzene rings is 1. The summed E-state index contributed by atoms with van der Waals surface area (Å²) in [6, 6.07) is 5.85. The van der Waals surface area contributed by atoms with E-state index in [4.69, 9.17) is 4.74 Å². The van der Waals surface area contributed by atoms with Gasteiger partial charge in [-0.05, 0) is 65.1 Å². The summed E-state index contributed by atoms with van der Waals surface area (Å²) in [5.74, 6) is 0.115. The first-order valence-electron chi connectivity index (χ1n) is 13.0. The summed E-state index contributed by atoms with van der Waals surface area (Å²) < 4.78 is 5.74. The van der Waals surface area contributed by atoms with Gasteiger partial charge in [0, 0.05) is 43.0 Å². The monoisotopic (exact) mass is 504 g/mol. The van der Waals surface area contributed by atoms with Gasteiger partial charge in [-0.15, -0.1) is 0 Å². The predicted molar refractivity (Wildman–Crippen MR) is 137 cm³/mol. The van der Waals surface area contributed by atoms with Crippen LogP contribution in [-0.4, -0.2) is 73.9 Å². The number of carbonyl (C=O) groups excluding carboxylic acids is 1. The second kappa shape index (κ2) is 8.85. The lowest BCUT2D eigenvalue weighted by Gasteiger charge is -2.38. The van der Waals surface area contributed by atoms with Crippen LogP contribution in [0.2, 0.25) is 0 Å². The smallest absolute Gasteiger partial charge is 0.407 e. The molecule has 1 saturated heterocycles. The second-order valence-corrected chi connectivity index (χ2v) is 10.8. The van der Waals surface area contributed by atoms with Crippen molar-refractivity contribution in [3.05, 3.63) is 52.8 Å². The molecule has 1 aliphatic carbocycles. The first-order chi connectivity index (χ1) is 17.7. The van der Waals surface area contributed by atoms with E-state index in [0.717, 1.165) is 38.9 Å². The highest BCUT2D eigenvalue weighted by molar-refractivity contribution is 5.88. The Hall–Kier alpha value is -3.43. The van der Waals surface area contributed by atoms with Gasteiger partial charge in [0.15, 0.2) is 0 Å². The molecule has 2 fully saturated rings. The van der Waals surface area contributed by atoms with Crippen molar-refractivity contribution in [2.75, 3.05) is 26.3 Å². The van der Waals surface area contributed by atoms with Gasteiger partial charge in [-0.2, -0.15) is 0 Å². The van der Waals surface area contributed by atoms with E-state index in [1.165, 1.54) is 10.5 Å². The molecule has 0 bridgehead atoms. The molecule has 0 unspecified atom stereocenters. The molecule has 2 amide bonds. The number of hydrogen-bond donors (Lipinski definition) is 3. The number of nitrogens with zero attached hydrogens (tertiary/aromatic N) is 3. The Bertz CT molecular complexity index is 1390. The fourth-order valence-electron chi connectivity index (χ4n) is 5.71. The van der Waals surface area contributed by atoms with Crippen molar-refractivity contribution in [2.45, 2.75) is 57.2 Å². The van der Waals surface area contributed by atoms with Crippen molar-refractivity contribution in [1.29, 1.82) is 0 Å². The second-order valence-electron chi connectivity index (χ2n) is 10.8. The normalized spacial score (nSPS) is 20.8. The van der Waals surface area contributed by atoms with E-state index in [2.05, 4.69) is 35.9 Å². The van der Waals surface area contributed by atoms with Crippen molar-refractivity contribution in [2.24, 2.45) is 0 Å². The van der Waals surface area contributed by atoms with Crippen LogP contribution >= 0.6 is 0 Å². The number of ether oxygens (including phenoxy) is 1. The van der Waals surface area contributed by atoms with Crippen LogP contribution in [0.4, 0.5) is 4.79 Å². The number of carbonyl (C=O) groups is 2. The minimum atomic E-state index is -1.23. The SMILES string of the molecule is CC(C)c1c[nH]c2ncc(-c3cc4c(c([C@@H]5COCCN5C(=O)O)c3)CN(C(=O)C3(O)CC3)CC4)cc12. The number of aromatic nitrogens is 2. The van der Waals surface area contributed by atoms with Crippen molar-refractivity contribution >= 4 is 23.0 Å². The highest BCUT2D eigenvalue weighted by Gasteiger charge is 2.50. The van der Waals surface area contributed by atoms with Crippen LogP contribution in [0.5, 0.6) is 0 Å². The molecule has 194 valence electrons. The zero-order valence-electron chi connectivity index (χ0n) is 21.2. The molecule has 2 aliphatic heterocycles. The van der Waals surface area contributed by atoms with E-state index >= 15 is 0 Å². The van der Waals surface area contributed by atoms with Crippen LogP contribution in [-0.2, 0) is 22.5 Å². The Morgan fingerprint density at radius 2 is 2.00 bits per heavy atom. The Balaban J connectivity index is 1.46. The lowest BCUT2D eigenvalue weighted by atomic mass is 9.86. The Labute approximate surface area is 215 Å². The molecule has 0 spiro atoms. The van der Waals surface area contributed by atoms with E-state index in [1.54, 1.807) is 4.90 Å². The summed E-state index contributed by atoms with van der Waals surface area (Å²) in [5.41, 5.74) is 5.64. The van der Waals surface area contributed by atoms with Crippen LogP contribution in [0.1, 0.15) is 60.9 Å². The fraction of sp³-hybridized carbons (Fsp3) is 0.464. The summed E-state index contributed by atoms with van der Waals surface area (Å²) in [6.45, 7) is 6.08. The molecule has 3 aromatic rings. The summed E-state index contributed by atoms with van der Waals surface area (Å²) in [7, 11) is 0. The number of nitrogens with one attached hydrogen (secondary N) is 1. The molecule has 0 radical (unpaired) electrons. The average Bonchev–Trinajstić information content (AvgIpc) is 3.51. The van der Waals surface area contributed by atoms with Gasteiger partial charge in [0.25, 0.3) is 5.91 Å². The summed E-state index contributed by atoms with van der Waals surface area (Å²) in [5, 5.41) is 21.5. The van der Waals surface area contributed by atoms with Gasteiger partial charge in [-0.1, -0.05) is 19.9 Å². The predicted octanol–water partition coefficient (Wildman–Crippen LogP) is 3.81. The lowest BCUT2D eigenvalue weighted by Crippen LogP contribution is -2.45. The molecule has 9 nitrogen and oxygen atoms in total. The maximum Gasteiger partial charge on any atom is 0.407 e. The van der Waals surface area contributed by atoms with E-state index in [9.17, 15) is 19.8 Å². The number of pyridine rings is 1. The van der Waals surface area contributed by atoms with E-state index in [1.807, 2.05) is 18.5 Å². The molecule has 9 heteroatoms. The first-order valence-corrected chi connectivity index (χ1v) is 13.0. The van der Waals surface area contributed by atoms with Gasteiger partial charge < -0.3 is 24.8 Å². The lowest BCUT2D eigenvalue weighted by molar-refractivity contribution is -0.143. The number of fused-ring (bicyclic) bond motifs is 2. The molecule has 3 N–H and O–H groups in total. The zero-order chi connectivity index (χ0) is 25.9. The van der Waals surface area contributed by atoms with Crippen LogP contribution in [0.15, 0.2) is 30.6 Å². The topological polar surface area (TPSA) is 119 Å². The number of H-pyrrole nitrogens is 1. The fourth-order valence-corrected chi connectivity index (χ4v) is 5.71. The number of rotatable bonds is 4. The quantitative estimate of drug-likeness (QED) is 0.497. The number of carboxylic acid groups (broad SMARTS) is 1. The Morgan fingerprint density at radius 3 is 2.73 bits per heavy atom. The van der Waals surface area contributed by atoms with Crippen molar-refractivity contribution < 1.29 is 24.5 Å². The third kappa shape index (κ3) is 4.16. The van der Waals surface area contributed by atoms with Crippen LogP contribution in [0, 0.1) is 0 Å². The summed E-state index contributed by atoms with van der Waals surface area (Å²) in [6.07, 6.45) is 4.50. The highest BCUT2D eigenvalue weighted by atomic mass is 16.5. The van der Waals surface area contributed by atoms with Crippen molar-refractivity contribution in [1.82, 2.24) is 19.8 Å². The third-order valence-electron chi connectivity index (χ3n) is 8.04. The third-order valence-corrected chi connectivity index (χ3v) is 8.04. The van der Waals surface area contributed by atoms with Crippen LogP contribution < -0.4 is 0 Å². The average molecular weight is 505 g/mol. The van der Waals surface area contributed by atoms with Crippen LogP contribution in [0.25, 0.3) is 22.2 Å². The Morgan fingerprint density at radius 1 is 1.19 bits per heavy atom. The molecule has 1 aromatic carbocycles. The summed E-state index contributed by atoms with van der Waals surface area (Å²) >= 11 is 0. The van der Waals surface area contributed by atoms with E-state index in [0.29, 0.717) is 44.9 Å². The zero-order valence-corrected chi connectivity index (χ0v) is 21.2. The van der Waals surface area contributed by atoms with Gasteiger partial charge in [-0.25, -0.2) is 9.78 Å². The number of morpholine rings is 1. The molecule has 1 atom stereocenters. The minimum absolute atomic E-state index is 0.230. The number of aliphatic hydroxyl groups is 1. The maximum atomic E-state index is 13.0. The van der Waals surface area contributed by atoms with Gasteiger partial charge in [0.1, 0.15) is 11.2 Å². The number of aromatic amines is 1. The molecule has 1 saturated carbocycles. The molecule has 3 aliphatic rings. The number of amides is 2. The van der Waals surface area contributed by atoms with Gasteiger partial charge in [0.2, 0.25) is 0 Å². The largest absolute Gasteiger partial charge is 0.465 e. The standard InChI is InChI=1S/C28H32N4O5/c1-16(2)22-13-30-25-21(22)11-19(12-29-25)18-9-17-3-6-31(26(33)28(36)4-5-28)14-23(17)20(10-18)24-15-37-8-7-32(24)27(34)35/h9-13,16,24,36H,3-8,14-15H2,1-2H3,(H,29,30)(H,34,35)/t24-/m0/s1. The van der Waals surface area contributed by atoms with Crippen molar-refractivity contribution in [3.63, 3.8) is 0 Å². The van der Waals surface area contributed by atoms with Crippen LogP contribution in [0.3, 0.4) is 0 Å². The molecule has 2 aromatic heterocycles. The Kier molecular flexibility index (Phi) is 5.72. The summed E-state index contributed by atoms with van der Waals surface area (Å²) in [4.78, 5) is 36.2. The van der Waals surface area contributed by atoms with E-state index in [-0.39, 0.29) is 19.1 Å². The number of hydrogen-bond acceptors (Lipinski definition) is 5. The molecule has 4 heterocycles. The minimum Gasteiger partial charge on any atom is -0.465 e. The van der Waals surface area contributed by atoms with E-state index < -0.39 is 17.7 Å². The van der Waals surface area contributed by atoms with Gasteiger partial charge in [0.05, 0.1) is 19.3 Å². The highest BCUT2D eigenvalue weighted by Crippen LogP contribution is 2.41. The molecular weight excluding hydrogens is 472 g/mol. The molecular formula is C28H32N4O5. The first kappa shape index (κ1) is 23.9. The molecule has 6 rings (SSSR count). The molecule has 37 heavy (non-hydrogen) atoms. The van der Waals surface area contributed by atoms with Gasteiger partial charge >= 0.3 is 6.09 Å². The van der Waals surface area contributed by atoms with Gasteiger partial charge in [-0.3, -0.25) is 9.69 Å². The van der Waals surface area contributed by atoms with Crippen molar-refractivity contribution in [3.8, 4) is 11.1 Å². The maximum absolute atomic E-state index is 13.0.